The van der Waals surface area contributed by atoms with Crippen LogP contribution in [0.1, 0.15) is 97.8 Å². The molecule has 0 radical (unpaired) electrons. The second-order valence-electron chi connectivity index (χ2n) is 18.0. The summed E-state index contributed by atoms with van der Waals surface area (Å²) in [5.41, 5.74) is 13.0. The number of hydrogen-bond donors (Lipinski definition) is 0. The number of aryl methyl sites for hydroxylation is 2. The van der Waals surface area contributed by atoms with Gasteiger partial charge >= 0.3 is 0 Å². The van der Waals surface area contributed by atoms with E-state index in [-0.39, 0.29) is 10.1 Å². The van der Waals surface area contributed by atoms with Crippen LogP contribution in [0.2, 0.25) is 16.6 Å². The van der Waals surface area contributed by atoms with Gasteiger partial charge < -0.3 is 4.42 Å². The van der Waals surface area contributed by atoms with Crippen molar-refractivity contribution in [3.63, 3.8) is 0 Å². The van der Waals surface area contributed by atoms with Crippen LogP contribution >= 0.6 is 0 Å². The number of aromatic nitrogens is 2. The highest BCUT2D eigenvalue weighted by Gasteiger charge is 2.50. The Morgan fingerprint density at radius 3 is 1.85 bits per heavy atom. The van der Waals surface area contributed by atoms with Crippen molar-refractivity contribution in [2.24, 2.45) is 7.05 Å². The van der Waals surface area contributed by atoms with Gasteiger partial charge in [0.25, 0.3) is 5.82 Å². The van der Waals surface area contributed by atoms with Crippen LogP contribution in [-0.2, 0) is 7.05 Å². The minimum atomic E-state index is -1.85. The lowest BCUT2D eigenvalue weighted by atomic mass is 9.92. The van der Waals surface area contributed by atoms with Crippen molar-refractivity contribution < 1.29 is 8.98 Å². The van der Waals surface area contributed by atoms with Crippen molar-refractivity contribution in [1.82, 2.24) is 4.57 Å². The van der Waals surface area contributed by atoms with E-state index >= 15 is 0 Å². The topological polar surface area (TPSA) is 21.9 Å². The highest BCUT2D eigenvalue weighted by atomic mass is 28.3. The number of para-hydroxylation sites is 3. The molecule has 0 atom stereocenters. The molecule has 7 aromatic rings. The molecule has 0 N–H and O–H groups in total. The standard InChI is InChI=1S/C48H57N2OSi/c1-30(2)36-17-16-18-37(31(3)4)44(36)50-41-20-15-14-19-40(41)49(12)46(50)43-32(5)21-27-39-38-28-24-34(29-42(38)51-45(39)43)33-22-25-35(26-23-33)52(13,47(6,7)8)48(9,10)11/h14-31H,1-13H3/q+1. The molecule has 0 aliphatic rings. The first kappa shape index (κ1) is 36.0. The van der Waals surface area contributed by atoms with E-state index in [1.807, 2.05) is 0 Å². The maximum Gasteiger partial charge on any atom is 0.299 e. The van der Waals surface area contributed by atoms with Crippen LogP contribution in [0.15, 0.2) is 101 Å². The molecule has 0 bridgehead atoms. The van der Waals surface area contributed by atoms with E-state index in [4.69, 9.17) is 4.42 Å². The smallest absolute Gasteiger partial charge is 0.299 e. The molecule has 5 aromatic carbocycles. The zero-order valence-corrected chi connectivity index (χ0v) is 34.7. The Morgan fingerprint density at radius 1 is 0.673 bits per heavy atom. The van der Waals surface area contributed by atoms with Crippen molar-refractivity contribution >= 4 is 46.2 Å². The second kappa shape index (κ2) is 12.6. The van der Waals surface area contributed by atoms with Gasteiger partial charge in [-0.25, -0.2) is 4.57 Å². The van der Waals surface area contributed by atoms with Gasteiger partial charge in [-0.2, -0.15) is 4.57 Å². The minimum absolute atomic E-state index is 0.241. The minimum Gasteiger partial charge on any atom is -0.455 e. The Kier molecular flexibility index (Phi) is 8.73. The van der Waals surface area contributed by atoms with Gasteiger partial charge in [0, 0.05) is 21.9 Å². The van der Waals surface area contributed by atoms with Gasteiger partial charge in [-0.3, -0.25) is 0 Å². The molecule has 0 unspecified atom stereocenters. The van der Waals surface area contributed by atoms with Crippen molar-refractivity contribution in [2.75, 3.05) is 0 Å². The summed E-state index contributed by atoms with van der Waals surface area (Å²) < 4.78 is 11.9. The van der Waals surface area contributed by atoms with Crippen LogP contribution in [0.25, 0.3) is 61.2 Å². The van der Waals surface area contributed by atoms with Gasteiger partial charge in [0.15, 0.2) is 16.6 Å². The van der Waals surface area contributed by atoms with Crippen LogP contribution in [0.5, 0.6) is 0 Å². The molecule has 268 valence electrons. The molecule has 52 heavy (non-hydrogen) atoms. The largest absolute Gasteiger partial charge is 0.455 e. The lowest BCUT2D eigenvalue weighted by molar-refractivity contribution is -0.633. The normalized spacial score (nSPS) is 13.1. The number of hydrogen-bond acceptors (Lipinski definition) is 1. The number of fused-ring (bicyclic) bond motifs is 4. The van der Waals surface area contributed by atoms with Crippen LogP contribution in [0, 0.1) is 6.92 Å². The molecule has 0 spiro atoms. The molecule has 7 rings (SSSR count). The number of benzene rings is 5. The summed E-state index contributed by atoms with van der Waals surface area (Å²) in [5.74, 6) is 1.86. The summed E-state index contributed by atoms with van der Waals surface area (Å²) in [6.07, 6.45) is 0. The van der Waals surface area contributed by atoms with Crippen molar-refractivity contribution in [1.29, 1.82) is 0 Å². The first-order valence-corrected chi connectivity index (χ1v) is 21.7. The molecule has 0 aliphatic heterocycles. The number of imidazole rings is 1. The predicted molar refractivity (Wildman–Crippen MR) is 226 cm³/mol. The molecule has 0 amide bonds. The molecule has 4 heteroatoms. The summed E-state index contributed by atoms with van der Waals surface area (Å²) in [7, 11) is 0.354. The first-order valence-electron chi connectivity index (χ1n) is 19.2. The van der Waals surface area contributed by atoms with E-state index in [9.17, 15) is 0 Å². The molecular weight excluding hydrogens is 649 g/mol. The Hall–Kier alpha value is -4.41. The molecule has 2 heterocycles. The number of furan rings is 1. The molecule has 0 saturated heterocycles. The zero-order chi connectivity index (χ0) is 37.5. The van der Waals surface area contributed by atoms with E-state index in [2.05, 4.69) is 196 Å². The molecule has 3 nitrogen and oxygen atoms in total. The third-order valence-electron chi connectivity index (χ3n) is 12.4. The van der Waals surface area contributed by atoms with Gasteiger partial charge in [0.05, 0.1) is 15.1 Å². The predicted octanol–water partition coefficient (Wildman–Crippen LogP) is 13.1. The van der Waals surface area contributed by atoms with Crippen LogP contribution in [0.4, 0.5) is 0 Å². The molecule has 2 aromatic heterocycles. The first-order chi connectivity index (χ1) is 24.5. The fourth-order valence-electron chi connectivity index (χ4n) is 8.97. The Balaban J connectivity index is 1.45. The number of rotatable bonds is 6. The Labute approximate surface area is 312 Å². The average molecular weight is 706 g/mol. The van der Waals surface area contributed by atoms with Crippen molar-refractivity contribution in [2.45, 2.75) is 105 Å². The van der Waals surface area contributed by atoms with Crippen LogP contribution in [-0.4, -0.2) is 12.6 Å². The summed E-state index contributed by atoms with van der Waals surface area (Å²) >= 11 is 0. The van der Waals surface area contributed by atoms with Crippen LogP contribution < -0.4 is 9.75 Å². The monoisotopic (exact) mass is 705 g/mol. The summed E-state index contributed by atoms with van der Waals surface area (Å²) in [4.78, 5) is 0. The lowest BCUT2D eigenvalue weighted by Gasteiger charge is -2.50. The van der Waals surface area contributed by atoms with E-state index in [1.54, 1.807) is 0 Å². The van der Waals surface area contributed by atoms with Crippen molar-refractivity contribution in [3.8, 4) is 28.2 Å². The second-order valence-corrected chi connectivity index (χ2v) is 23.8. The maximum absolute atomic E-state index is 7.03. The van der Waals surface area contributed by atoms with E-state index in [0.717, 1.165) is 33.3 Å². The van der Waals surface area contributed by atoms with Crippen LogP contribution in [0.3, 0.4) is 0 Å². The van der Waals surface area contributed by atoms with E-state index in [1.165, 1.54) is 49.7 Å². The Morgan fingerprint density at radius 2 is 1.25 bits per heavy atom. The molecule has 0 saturated carbocycles. The molecule has 0 fully saturated rings. The SMILES string of the molecule is Cc1ccc2c(oc3cc(-c4ccc([Si](C)(C(C)(C)C)C(C)(C)C)cc4)ccc32)c1-c1n(-c2c(C(C)C)cccc2C(C)C)c2ccccc2[n+]1C. The quantitative estimate of drug-likeness (QED) is 0.125. The molecular formula is C48H57N2OSi+. The fraction of sp³-hybridized carbons (Fsp3) is 0.354. The van der Waals surface area contributed by atoms with Crippen molar-refractivity contribution in [3.05, 3.63) is 114 Å². The highest BCUT2D eigenvalue weighted by molar-refractivity contribution is 6.95. The fourth-order valence-corrected chi connectivity index (χ4v) is 13.8. The van der Waals surface area contributed by atoms with E-state index < -0.39 is 8.07 Å². The third-order valence-corrected chi connectivity index (χ3v) is 19.9. The molecule has 0 aliphatic carbocycles. The van der Waals surface area contributed by atoms with Gasteiger partial charge in [-0.1, -0.05) is 154 Å². The summed E-state index contributed by atoms with van der Waals surface area (Å²) in [6, 6.07) is 36.4. The third kappa shape index (κ3) is 5.48. The summed E-state index contributed by atoms with van der Waals surface area (Å²) in [6.45, 7) is 28.6. The lowest BCUT2D eigenvalue weighted by Crippen LogP contribution is -2.58. The average Bonchev–Trinajstić information content (AvgIpc) is 3.60. The maximum atomic E-state index is 7.03. The zero-order valence-electron chi connectivity index (χ0n) is 33.7. The van der Waals surface area contributed by atoms with Gasteiger partial charge in [0.1, 0.15) is 16.8 Å². The van der Waals surface area contributed by atoms with Gasteiger partial charge in [-0.05, 0) is 69.8 Å². The summed E-state index contributed by atoms with van der Waals surface area (Å²) in [5, 5.41) is 4.29. The highest BCUT2D eigenvalue weighted by Crippen LogP contribution is 2.50. The Bertz CT molecular complexity index is 2420. The van der Waals surface area contributed by atoms with E-state index in [0.29, 0.717) is 11.8 Å². The van der Waals surface area contributed by atoms with Gasteiger partial charge in [-0.15, -0.1) is 0 Å². The van der Waals surface area contributed by atoms with Gasteiger partial charge in [0.2, 0.25) is 0 Å². The number of nitrogens with zero attached hydrogens (tertiary/aromatic N) is 2.